The fourth-order valence-corrected chi connectivity index (χ4v) is 1.51. The molecule has 0 radical (unpaired) electrons. The highest BCUT2D eigenvalue weighted by Crippen LogP contribution is 2.26. The summed E-state index contributed by atoms with van der Waals surface area (Å²) in [6.07, 6.45) is 1.58. The molecule has 0 aromatic rings. The summed E-state index contributed by atoms with van der Waals surface area (Å²) in [5.41, 5.74) is 1.58. The second-order valence-corrected chi connectivity index (χ2v) is 3.62. The predicted octanol–water partition coefficient (Wildman–Crippen LogP) is 1.85. The van der Waals surface area contributed by atoms with E-state index in [2.05, 4.69) is 29.1 Å². The van der Waals surface area contributed by atoms with E-state index in [4.69, 9.17) is 0 Å². The maximum absolute atomic E-state index is 11.4. The van der Waals surface area contributed by atoms with Crippen LogP contribution in [0.5, 0.6) is 0 Å². The Morgan fingerprint density at radius 2 is 2.33 bits per heavy atom. The van der Waals surface area contributed by atoms with Crippen LogP contribution in [0.4, 0.5) is 0 Å². The molecular formula is C9H10BrNO. The van der Waals surface area contributed by atoms with Gasteiger partial charge in [-0.1, -0.05) is 35.2 Å². The highest BCUT2D eigenvalue weighted by Gasteiger charge is 2.25. The molecule has 0 unspecified atom stereocenters. The van der Waals surface area contributed by atoms with Gasteiger partial charge in [0.05, 0.1) is 0 Å². The monoisotopic (exact) mass is 227 g/mol. The lowest BCUT2D eigenvalue weighted by atomic mass is 10.1. The number of nitrogens with zero attached hydrogens (tertiary/aromatic N) is 1. The third-order valence-corrected chi connectivity index (χ3v) is 2.31. The molecule has 0 N–H and O–H groups in total. The van der Waals surface area contributed by atoms with Gasteiger partial charge in [0.25, 0.3) is 5.91 Å². The van der Waals surface area contributed by atoms with Crippen molar-refractivity contribution in [3.63, 3.8) is 0 Å². The summed E-state index contributed by atoms with van der Waals surface area (Å²) in [4.78, 5) is 13.0. The maximum Gasteiger partial charge on any atom is 0.254 e. The maximum atomic E-state index is 11.4. The molecule has 0 aromatic heterocycles. The van der Waals surface area contributed by atoms with E-state index >= 15 is 0 Å². The van der Waals surface area contributed by atoms with E-state index in [0.29, 0.717) is 12.1 Å². The molecule has 3 heteroatoms. The van der Waals surface area contributed by atoms with Crippen LogP contribution in [0.15, 0.2) is 34.9 Å². The molecule has 0 aromatic carbocycles. The summed E-state index contributed by atoms with van der Waals surface area (Å²) in [6, 6.07) is 0. The fraction of sp³-hybridized carbons (Fsp3) is 0.222. The highest BCUT2D eigenvalue weighted by molar-refractivity contribution is 9.11. The van der Waals surface area contributed by atoms with Crippen LogP contribution >= 0.6 is 15.9 Å². The number of hydrogen-bond donors (Lipinski definition) is 0. The number of carbonyl (C=O) groups excluding carboxylic acids is 1. The van der Waals surface area contributed by atoms with Crippen molar-refractivity contribution in [3.05, 3.63) is 34.9 Å². The van der Waals surface area contributed by atoms with Crippen molar-refractivity contribution in [1.29, 1.82) is 0 Å². The van der Waals surface area contributed by atoms with Gasteiger partial charge in [0, 0.05) is 23.6 Å². The van der Waals surface area contributed by atoms with E-state index in [0.717, 1.165) is 10.1 Å². The van der Waals surface area contributed by atoms with Crippen LogP contribution in [0.1, 0.15) is 0 Å². The molecule has 0 fully saturated rings. The van der Waals surface area contributed by atoms with E-state index in [-0.39, 0.29) is 5.91 Å². The summed E-state index contributed by atoms with van der Waals surface area (Å²) < 4.78 is 0.759. The zero-order valence-electron chi connectivity index (χ0n) is 6.93. The van der Waals surface area contributed by atoms with Crippen molar-refractivity contribution in [2.75, 3.05) is 13.6 Å². The molecule has 0 atom stereocenters. The van der Waals surface area contributed by atoms with E-state index < -0.39 is 0 Å². The smallest absolute Gasteiger partial charge is 0.254 e. The lowest BCUT2D eigenvalue weighted by Gasteiger charge is -2.07. The van der Waals surface area contributed by atoms with Crippen molar-refractivity contribution in [3.8, 4) is 0 Å². The van der Waals surface area contributed by atoms with E-state index in [1.54, 1.807) is 18.0 Å². The van der Waals surface area contributed by atoms with Crippen molar-refractivity contribution in [1.82, 2.24) is 4.90 Å². The van der Waals surface area contributed by atoms with Gasteiger partial charge in [0.2, 0.25) is 0 Å². The molecule has 2 nitrogen and oxygen atoms in total. The summed E-state index contributed by atoms with van der Waals surface area (Å²) in [6.45, 7) is 7.94. The Hall–Kier alpha value is -0.830. The van der Waals surface area contributed by atoms with Crippen molar-refractivity contribution in [2.45, 2.75) is 0 Å². The van der Waals surface area contributed by atoms with Gasteiger partial charge in [-0.05, 0) is 5.57 Å². The number of carbonyl (C=O) groups is 1. The quantitative estimate of drug-likeness (QED) is 0.706. The summed E-state index contributed by atoms with van der Waals surface area (Å²) in [5, 5.41) is 0. The first-order valence-corrected chi connectivity index (χ1v) is 4.33. The molecule has 1 heterocycles. The van der Waals surface area contributed by atoms with Gasteiger partial charge in [-0.2, -0.15) is 0 Å². The minimum absolute atomic E-state index is 0.0144. The number of amides is 1. The largest absolute Gasteiger partial charge is 0.337 e. The minimum atomic E-state index is 0.0144. The molecule has 0 aliphatic carbocycles. The molecule has 1 rings (SSSR count). The molecule has 64 valence electrons. The van der Waals surface area contributed by atoms with Crippen molar-refractivity contribution < 1.29 is 4.79 Å². The Morgan fingerprint density at radius 3 is 2.67 bits per heavy atom. The molecule has 0 saturated heterocycles. The Labute approximate surface area is 80.4 Å². The average molecular weight is 228 g/mol. The van der Waals surface area contributed by atoms with Gasteiger partial charge in [-0.25, -0.2) is 0 Å². The SMILES string of the molecule is C=CC1=C(C(=C)Br)CN(C)C1=O. The Balaban J connectivity index is 3.10. The average Bonchev–Trinajstić information content (AvgIpc) is 2.29. The van der Waals surface area contributed by atoms with Crippen LogP contribution in [-0.2, 0) is 4.79 Å². The zero-order valence-corrected chi connectivity index (χ0v) is 8.52. The van der Waals surface area contributed by atoms with Crippen LogP contribution < -0.4 is 0 Å². The molecule has 0 spiro atoms. The minimum Gasteiger partial charge on any atom is -0.337 e. The lowest BCUT2D eigenvalue weighted by molar-refractivity contribution is -0.124. The van der Waals surface area contributed by atoms with Crippen LogP contribution in [0, 0.1) is 0 Å². The third-order valence-electron chi connectivity index (χ3n) is 1.83. The predicted molar refractivity (Wildman–Crippen MR) is 52.9 cm³/mol. The molecule has 0 saturated carbocycles. The number of likely N-dealkylation sites (N-methyl/N-ethyl adjacent to an activating group) is 1. The third kappa shape index (κ3) is 1.37. The standard InChI is InChI=1S/C9H10BrNO/c1-4-7-8(6(2)10)5-11(3)9(7)12/h4H,1-2,5H2,3H3. The molecule has 1 aliphatic rings. The first-order chi connectivity index (χ1) is 5.57. The van der Waals surface area contributed by atoms with Gasteiger partial charge < -0.3 is 4.90 Å². The Kier molecular flexibility index (Phi) is 2.52. The van der Waals surface area contributed by atoms with Crippen LogP contribution in [0.3, 0.4) is 0 Å². The normalized spacial score (nSPS) is 17.2. The summed E-state index contributed by atoms with van der Waals surface area (Å²) >= 11 is 3.26. The lowest BCUT2D eigenvalue weighted by Crippen LogP contribution is -2.21. The highest BCUT2D eigenvalue weighted by atomic mass is 79.9. The van der Waals surface area contributed by atoms with Crippen LogP contribution in [0.2, 0.25) is 0 Å². The van der Waals surface area contributed by atoms with Crippen LogP contribution in [-0.4, -0.2) is 24.4 Å². The zero-order chi connectivity index (χ0) is 9.30. The first kappa shape index (κ1) is 9.26. The molecule has 0 bridgehead atoms. The molecule has 1 aliphatic heterocycles. The Bertz CT molecular complexity index is 291. The topological polar surface area (TPSA) is 20.3 Å². The van der Waals surface area contributed by atoms with Gasteiger partial charge in [0.15, 0.2) is 0 Å². The fourth-order valence-electron chi connectivity index (χ4n) is 1.17. The van der Waals surface area contributed by atoms with E-state index in [1.165, 1.54) is 0 Å². The van der Waals surface area contributed by atoms with Gasteiger partial charge in [-0.3, -0.25) is 4.79 Å². The van der Waals surface area contributed by atoms with Gasteiger partial charge >= 0.3 is 0 Å². The molecular weight excluding hydrogens is 218 g/mol. The first-order valence-electron chi connectivity index (χ1n) is 3.53. The number of hydrogen-bond acceptors (Lipinski definition) is 1. The van der Waals surface area contributed by atoms with Crippen molar-refractivity contribution in [2.24, 2.45) is 0 Å². The molecule has 1 amide bonds. The van der Waals surface area contributed by atoms with E-state index in [1.807, 2.05) is 0 Å². The number of rotatable bonds is 2. The Morgan fingerprint density at radius 1 is 1.75 bits per heavy atom. The number of halogens is 1. The van der Waals surface area contributed by atoms with Gasteiger partial charge in [0.1, 0.15) is 0 Å². The van der Waals surface area contributed by atoms with Crippen molar-refractivity contribution >= 4 is 21.8 Å². The molecule has 12 heavy (non-hydrogen) atoms. The second-order valence-electron chi connectivity index (χ2n) is 2.66. The summed E-state index contributed by atoms with van der Waals surface area (Å²) in [7, 11) is 1.76. The second kappa shape index (κ2) is 3.27. The van der Waals surface area contributed by atoms with E-state index in [9.17, 15) is 4.79 Å². The van der Waals surface area contributed by atoms with Crippen LogP contribution in [0.25, 0.3) is 0 Å². The summed E-state index contributed by atoms with van der Waals surface area (Å²) in [5.74, 6) is 0.0144. The van der Waals surface area contributed by atoms with Gasteiger partial charge in [-0.15, -0.1) is 0 Å².